The lowest BCUT2D eigenvalue weighted by atomic mass is 10.1. The lowest BCUT2D eigenvalue weighted by Gasteiger charge is -2.21. The van der Waals surface area contributed by atoms with Gasteiger partial charge in [-0.25, -0.2) is 0 Å². The number of hydrogen-bond donors (Lipinski definition) is 0. The average molecular weight is 361 g/mol. The van der Waals surface area contributed by atoms with Gasteiger partial charge in [0.2, 0.25) is 5.91 Å². The van der Waals surface area contributed by atoms with Gasteiger partial charge in [0.05, 0.1) is 0 Å². The van der Waals surface area contributed by atoms with Gasteiger partial charge in [0.25, 0.3) is 0 Å². The highest BCUT2D eigenvalue weighted by molar-refractivity contribution is 5.72. The van der Waals surface area contributed by atoms with E-state index in [4.69, 9.17) is 0 Å². The predicted molar refractivity (Wildman–Crippen MR) is 114 cm³/mol. The molecule has 3 nitrogen and oxygen atoms in total. The van der Waals surface area contributed by atoms with Gasteiger partial charge < -0.3 is 9.80 Å². The SMILES string of the molecule is C=CCCC=CC#CCCCCCCCCCN(C)CCN(C)C(C)=O. The van der Waals surface area contributed by atoms with Crippen LogP contribution in [-0.2, 0) is 4.79 Å². The zero-order chi connectivity index (χ0) is 19.5. The van der Waals surface area contributed by atoms with Crippen LogP contribution in [0.15, 0.2) is 24.8 Å². The Morgan fingerprint density at radius 1 is 0.923 bits per heavy atom. The first-order valence-corrected chi connectivity index (χ1v) is 10.2. The molecule has 0 aliphatic carbocycles. The van der Waals surface area contributed by atoms with E-state index in [-0.39, 0.29) is 5.91 Å². The summed E-state index contributed by atoms with van der Waals surface area (Å²) in [6.07, 6.45) is 18.2. The average Bonchev–Trinajstić information content (AvgIpc) is 2.62. The Balaban J connectivity index is 3.36. The summed E-state index contributed by atoms with van der Waals surface area (Å²) >= 11 is 0. The van der Waals surface area contributed by atoms with Crippen LogP contribution in [0.5, 0.6) is 0 Å². The third-order valence-corrected chi connectivity index (χ3v) is 4.54. The summed E-state index contributed by atoms with van der Waals surface area (Å²) in [5.41, 5.74) is 0. The molecule has 0 radical (unpaired) electrons. The standard InChI is InChI=1S/C23H40N2O/c1-5-6-7-8-9-10-11-12-13-14-15-16-17-18-19-20-24(3)21-22-25(4)23(2)26/h5,8-9H,1,6-7,12-22H2,2-4H3. The summed E-state index contributed by atoms with van der Waals surface area (Å²) in [4.78, 5) is 15.3. The maximum atomic E-state index is 11.2. The highest BCUT2D eigenvalue weighted by Crippen LogP contribution is 2.08. The molecule has 1 amide bonds. The van der Waals surface area contributed by atoms with E-state index in [1.807, 2.05) is 19.2 Å². The van der Waals surface area contributed by atoms with Gasteiger partial charge in [-0.05, 0) is 45.4 Å². The van der Waals surface area contributed by atoms with Crippen molar-refractivity contribution >= 4 is 5.91 Å². The molecular formula is C23H40N2O. The molecule has 26 heavy (non-hydrogen) atoms. The summed E-state index contributed by atoms with van der Waals surface area (Å²) in [5.74, 6) is 6.47. The largest absolute Gasteiger partial charge is 0.345 e. The van der Waals surface area contributed by atoms with Crippen LogP contribution < -0.4 is 0 Å². The molecule has 0 unspecified atom stereocenters. The number of nitrogens with zero attached hydrogens (tertiary/aromatic N) is 2. The second-order valence-corrected chi connectivity index (χ2v) is 7.06. The molecular weight excluding hydrogens is 320 g/mol. The maximum absolute atomic E-state index is 11.2. The van der Waals surface area contributed by atoms with Crippen molar-refractivity contribution in [1.82, 2.24) is 9.80 Å². The second kappa shape index (κ2) is 18.3. The molecule has 0 saturated heterocycles. The van der Waals surface area contributed by atoms with Crippen LogP contribution in [0.25, 0.3) is 0 Å². The Labute approximate surface area is 162 Å². The van der Waals surface area contributed by atoms with E-state index >= 15 is 0 Å². The first-order valence-electron chi connectivity index (χ1n) is 10.2. The lowest BCUT2D eigenvalue weighted by Crippen LogP contribution is -2.33. The zero-order valence-corrected chi connectivity index (χ0v) is 17.4. The molecule has 0 aliphatic rings. The van der Waals surface area contributed by atoms with Crippen molar-refractivity contribution in [2.24, 2.45) is 0 Å². The van der Waals surface area contributed by atoms with Gasteiger partial charge in [-0.2, -0.15) is 0 Å². The fourth-order valence-corrected chi connectivity index (χ4v) is 2.56. The van der Waals surface area contributed by atoms with Crippen LogP contribution in [-0.4, -0.2) is 49.4 Å². The maximum Gasteiger partial charge on any atom is 0.219 e. The fourth-order valence-electron chi connectivity index (χ4n) is 2.56. The fraction of sp³-hybridized carbons (Fsp3) is 0.696. The molecule has 0 aromatic rings. The Kier molecular flexibility index (Phi) is 17.2. The first kappa shape index (κ1) is 24.5. The first-order chi connectivity index (χ1) is 12.6. The molecule has 0 aromatic carbocycles. The highest BCUT2D eigenvalue weighted by atomic mass is 16.2. The van der Waals surface area contributed by atoms with Crippen molar-refractivity contribution in [1.29, 1.82) is 0 Å². The molecule has 0 N–H and O–H groups in total. The Hall–Kier alpha value is -1.53. The van der Waals surface area contributed by atoms with Crippen LogP contribution in [0, 0.1) is 11.8 Å². The lowest BCUT2D eigenvalue weighted by molar-refractivity contribution is -0.127. The number of rotatable bonds is 15. The van der Waals surface area contributed by atoms with Crippen LogP contribution in [0.4, 0.5) is 0 Å². The van der Waals surface area contributed by atoms with Gasteiger partial charge in [-0.1, -0.05) is 56.1 Å². The Morgan fingerprint density at radius 2 is 1.58 bits per heavy atom. The minimum Gasteiger partial charge on any atom is -0.345 e. The molecule has 0 spiro atoms. The quantitative estimate of drug-likeness (QED) is 0.232. The van der Waals surface area contributed by atoms with E-state index in [2.05, 4.69) is 36.4 Å². The van der Waals surface area contributed by atoms with Crippen molar-refractivity contribution in [2.45, 2.75) is 71.1 Å². The predicted octanol–water partition coefficient (Wildman–Crippen LogP) is 5.04. The minimum absolute atomic E-state index is 0.143. The molecule has 0 atom stereocenters. The van der Waals surface area contributed by atoms with Gasteiger partial charge in [-0.15, -0.1) is 6.58 Å². The van der Waals surface area contributed by atoms with Gasteiger partial charge in [0.1, 0.15) is 0 Å². The molecule has 0 fully saturated rings. The number of unbranched alkanes of at least 4 members (excludes halogenated alkanes) is 8. The number of carbonyl (C=O) groups excluding carboxylic acids is 1. The summed E-state index contributed by atoms with van der Waals surface area (Å²) < 4.78 is 0. The van der Waals surface area contributed by atoms with Crippen molar-refractivity contribution in [2.75, 3.05) is 33.7 Å². The normalized spacial score (nSPS) is 10.8. The molecule has 3 heteroatoms. The van der Waals surface area contributed by atoms with Gasteiger partial charge in [0, 0.05) is 33.5 Å². The molecule has 0 aliphatic heterocycles. The number of amides is 1. The number of likely N-dealkylation sites (N-methyl/N-ethyl adjacent to an activating group) is 2. The van der Waals surface area contributed by atoms with Gasteiger partial charge in [0.15, 0.2) is 0 Å². The third-order valence-electron chi connectivity index (χ3n) is 4.54. The molecule has 0 rings (SSSR count). The van der Waals surface area contributed by atoms with E-state index in [9.17, 15) is 4.79 Å². The van der Waals surface area contributed by atoms with Gasteiger partial charge >= 0.3 is 0 Å². The van der Waals surface area contributed by atoms with Crippen LogP contribution in [0.2, 0.25) is 0 Å². The van der Waals surface area contributed by atoms with Gasteiger partial charge in [-0.3, -0.25) is 4.79 Å². The zero-order valence-electron chi connectivity index (χ0n) is 17.4. The summed E-state index contributed by atoms with van der Waals surface area (Å²) in [5, 5.41) is 0. The highest BCUT2D eigenvalue weighted by Gasteiger charge is 2.04. The van der Waals surface area contributed by atoms with Crippen LogP contribution >= 0.6 is 0 Å². The third kappa shape index (κ3) is 17.3. The van der Waals surface area contributed by atoms with E-state index in [1.165, 1.54) is 44.9 Å². The summed E-state index contributed by atoms with van der Waals surface area (Å²) in [7, 11) is 4.01. The summed E-state index contributed by atoms with van der Waals surface area (Å²) in [6, 6.07) is 0. The van der Waals surface area contributed by atoms with E-state index in [1.54, 1.807) is 11.8 Å². The van der Waals surface area contributed by atoms with Crippen LogP contribution in [0.3, 0.4) is 0 Å². The molecule has 0 aromatic heterocycles. The number of hydrogen-bond acceptors (Lipinski definition) is 2. The smallest absolute Gasteiger partial charge is 0.219 e. The molecule has 0 saturated carbocycles. The van der Waals surface area contributed by atoms with Crippen LogP contribution in [0.1, 0.15) is 71.1 Å². The van der Waals surface area contributed by atoms with Crippen molar-refractivity contribution in [3.63, 3.8) is 0 Å². The minimum atomic E-state index is 0.143. The van der Waals surface area contributed by atoms with Crippen molar-refractivity contribution in [3.05, 3.63) is 24.8 Å². The number of allylic oxidation sites excluding steroid dienone is 3. The molecule has 0 bridgehead atoms. The molecule has 0 heterocycles. The van der Waals surface area contributed by atoms with E-state index < -0.39 is 0 Å². The second-order valence-electron chi connectivity index (χ2n) is 7.06. The Morgan fingerprint density at radius 3 is 2.23 bits per heavy atom. The van der Waals surface area contributed by atoms with Crippen molar-refractivity contribution < 1.29 is 4.79 Å². The molecule has 148 valence electrons. The van der Waals surface area contributed by atoms with E-state index in [0.29, 0.717) is 0 Å². The number of carbonyl (C=O) groups is 1. The summed E-state index contributed by atoms with van der Waals surface area (Å²) in [6.45, 7) is 8.23. The van der Waals surface area contributed by atoms with Crippen molar-refractivity contribution in [3.8, 4) is 11.8 Å². The monoisotopic (exact) mass is 360 g/mol. The topological polar surface area (TPSA) is 23.6 Å². The Bertz CT molecular complexity index is 445. The van der Waals surface area contributed by atoms with E-state index in [0.717, 1.165) is 38.9 Å².